The molecule has 0 spiro atoms. The molecule has 2 N–H and O–H groups in total. The lowest BCUT2D eigenvalue weighted by atomic mass is 10.1. The van der Waals surface area contributed by atoms with E-state index in [2.05, 4.69) is 27.4 Å². The van der Waals surface area contributed by atoms with E-state index in [1.807, 2.05) is 12.1 Å². The van der Waals surface area contributed by atoms with Gasteiger partial charge in [0.05, 0.1) is 13.2 Å². The van der Waals surface area contributed by atoms with Crippen LogP contribution in [-0.2, 0) is 4.74 Å². The molecule has 2 aliphatic rings. The Bertz CT molecular complexity index is 574. The maximum atomic E-state index is 13.9. The van der Waals surface area contributed by atoms with Gasteiger partial charge in [0.2, 0.25) is 0 Å². The third-order valence-corrected chi connectivity index (χ3v) is 4.77. The fourth-order valence-corrected chi connectivity index (χ4v) is 3.28. The minimum absolute atomic E-state index is 0.107. The number of morpholine rings is 1. The minimum Gasteiger partial charge on any atom is -0.379 e. The predicted molar refractivity (Wildman–Crippen MR) is 98.5 cm³/mol. The molecule has 0 radical (unpaired) electrons. The van der Waals surface area contributed by atoms with Gasteiger partial charge in [-0.3, -0.25) is 9.89 Å². The van der Waals surface area contributed by atoms with Crippen LogP contribution in [0.15, 0.2) is 29.3 Å². The zero-order chi connectivity index (χ0) is 17.5. The van der Waals surface area contributed by atoms with Gasteiger partial charge in [0, 0.05) is 44.7 Å². The molecule has 138 valence electrons. The minimum atomic E-state index is -0.107. The summed E-state index contributed by atoms with van der Waals surface area (Å²) in [5, 5.41) is 6.74. The Morgan fingerprint density at radius 2 is 2.12 bits per heavy atom. The number of aliphatic imine (C=N–C) groups is 1. The van der Waals surface area contributed by atoms with Crippen LogP contribution in [0.25, 0.3) is 0 Å². The number of hydrogen-bond acceptors (Lipinski definition) is 3. The maximum absolute atomic E-state index is 13.9. The van der Waals surface area contributed by atoms with Crippen LogP contribution in [0.3, 0.4) is 0 Å². The Balaban J connectivity index is 1.44. The number of ether oxygens (including phenoxy) is 1. The predicted octanol–water partition coefficient (Wildman–Crippen LogP) is 1.96. The van der Waals surface area contributed by atoms with E-state index in [0.29, 0.717) is 0 Å². The van der Waals surface area contributed by atoms with Gasteiger partial charge in [-0.2, -0.15) is 0 Å². The molecule has 1 aromatic rings. The molecule has 0 aromatic heterocycles. The fraction of sp³-hybridized carbons (Fsp3) is 0.632. The molecule has 1 heterocycles. The van der Waals surface area contributed by atoms with E-state index < -0.39 is 0 Å². The van der Waals surface area contributed by atoms with Crippen LogP contribution in [-0.4, -0.2) is 62.8 Å². The van der Waals surface area contributed by atoms with E-state index in [9.17, 15) is 4.39 Å². The Morgan fingerprint density at radius 3 is 2.88 bits per heavy atom. The molecule has 3 rings (SSSR count). The number of benzene rings is 1. The first kappa shape index (κ1) is 18.1. The molecule has 1 aromatic carbocycles. The van der Waals surface area contributed by atoms with Gasteiger partial charge in [-0.25, -0.2) is 4.39 Å². The first-order valence-electron chi connectivity index (χ1n) is 9.37. The average molecular weight is 348 g/mol. The summed E-state index contributed by atoms with van der Waals surface area (Å²) >= 11 is 0. The zero-order valence-corrected chi connectivity index (χ0v) is 15.0. The summed E-state index contributed by atoms with van der Waals surface area (Å²) in [5.41, 5.74) is 0.808. The summed E-state index contributed by atoms with van der Waals surface area (Å²) in [6.45, 7) is 8.47. The van der Waals surface area contributed by atoms with Crippen LogP contribution in [0.2, 0.25) is 0 Å². The van der Waals surface area contributed by atoms with Crippen LogP contribution in [0.1, 0.15) is 31.2 Å². The lowest BCUT2D eigenvalue weighted by molar-refractivity contribution is 0.0377. The van der Waals surface area contributed by atoms with Gasteiger partial charge in [0.1, 0.15) is 5.82 Å². The monoisotopic (exact) mass is 348 g/mol. The maximum Gasteiger partial charge on any atom is 0.191 e. The Labute approximate surface area is 149 Å². The molecule has 2 atom stereocenters. The summed E-state index contributed by atoms with van der Waals surface area (Å²) in [7, 11) is 0. The number of nitrogens with zero attached hydrogens (tertiary/aromatic N) is 2. The molecule has 1 aliphatic carbocycles. The van der Waals surface area contributed by atoms with Crippen LogP contribution >= 0.6 is 0 Å². The number of hydrogen-bond donors (Lipinski definition) is 2. The molecule has 1 saturated carbocycles. The van der Waals surface area contributed by atoms with Gasteiger partial charge in [-0.05, 0) is 31.4 Å². The number of nitrogens with one attached hydrogen (secondary N) is 2. The van der Waals surface area contributed by atoms with Crippen LogP contribution in [0, 0.1) is 5.82 Å². The Morgan fingerprint density at radius 1 is 1.32 bits per heavy atom. The van der Waals surface area contributed by atoms with E-state index in [1.54, 1.807) is 6.07 Å². The average Bonchev–Trinajstić information content (AvgIpc) is 3.39. The summed E-state index contributed by atoms with van der Waals surface area (Å²) < 4.78 is 19.2. The van der Waals surface area contributed by atoms with Crippen molar-refractivity contribution in [3.05, 3.63) is 35.6 Å². The Hall–Kier alpha value is -1.66. The second-order valence-corrected chi connectivity index (χ2v) is 6.68. The highest BCUT2D eigenvalue weighted by atomic mass is 19.1. The topological polar surface area (TPSA) is 48.9 Å². The van der Waals surface area contributed by atoms with Crippen molar-refractivity contribution in [1.82, 2.24) is 15.5 Å². The summed E-state index contributed by atoms with van der Waals surface area (Å²) in [6.07, 6.45) is 2.00. The summed E-state index contributed by atoms with van der Waals surface area (Å²) in [5.74, 6) is 0.982. The first-order chi connectivity index (χ1) is 12.3. The standard InChI is InChI=1S/C19H29FN4O/c1-2-21-19(22-8-5-9-24-10-12-25-13-11-24)23-18-14-16(18)15-6-3-4-7-17(15)20/h3-4,6-7,16,18H,2,5,8-14H2,1H3,(H2,21,22,23). The van der Waals surface area contributed by atoms with E-state index in [0.717, 1.165) is 70.3 Å². The first-order valence-corrected chi connectivity index (χ1v) is 9.37. The van der Waals surface area contributed by atoms with Crippen molar-refractivity contribution >= 4 is 5.96 Å². The summed E-state index contributed by atoms with van der Waals surface area (Å²) in [6, 6.07) is 7.33. The van der Waals surface area contributed by atoms with Gasteiger partial charge in [0.25, 0.3) is 0 Å². The van der Waals surface area contributed by atoms with Gasteiger partial charge in [-0.15, -0.1) is 0 Å². The van der Waals surface area contributed by atoms with Gasteiger partial charge < -0.3 is 15.4 Å². The second-order valence-electron chi connectivity index (χ2n) is 6.68. The smallest absolute Gasteiger partial charge is 0.191 e. The van der Waals surface area contributed by atoms with Crippen molar-refractivity contribution < 1.29 is 9.13 Å². The highest BCUT2D eigenvalue weighted by Gasteiger charge is 2.40. The van der Waals surface area contributed by atoms with E-state index >= 15 is 0 Å². The van der Waals surface area contributed by atoms with E-state index in [1.165, 1.54) is 6.07 Å². The summed E-state index contributed by atoms with van der Waals surface area (Å²) in [4.78, 5) is 7.10. The Kier molecular flexibility index (Phi) is 6.64. The molecule has 1 aliphatic heterocycles. The van der Waals surface area contributed by atoms with E-state index in [4.69, 9.17) is 4.74 Å². The van der Waals surface area contributed by atoms with Crippen LogP contribution in [0.5, 0.6) is 0 Å². The normalized spacial score (nSPS) is 24.2. The highest BCUT2D eigenvalue weighted by Crippen LogP contribution is 2.41. The van der Waals surface area contributed by atoms with Crippen LogP contribution in [0.4, 0.5) is 4.39 Å². The highest BCUT2D eigenvalue weighted by molar-refractivity contribution is 5.80. The van der Waals surface area contributed by atoms with Crippen molar-refractivity contribution in [3.8, 4) is 0 Å². The van der Waals surface area contributed by atoms with Gasteiger partial charge in [0.15, 0.2) is 5.96 Å². The molecular formula is C19H29FN4O. The molecule has 6 heteroatoms. The lowest BCUT2D eigenvalue weighted by Gasteiger charge is -2.26. The molecule has 2 unspecified atom stereocenters. The number of halogens is 1. The molecule has 0 bridgehead atoms. The second kappa shape index (κ2) is 9.15. The van der Waals surface area contributed by atoms with Crippen molar-refractivity contribution in [1.29, 1.82) is 0 Å². The zero-order valence-electron chi connectivity index (χ0n) is 15.0. The fourth-order valence-electron chi connectivity index (χ4n) is 3.28. The number of rotatable bonds is 7. The van der Waals surface area contributed by atoms with Gasteiger partial charge in [-0.1, -0.05) is 18.2 Å². The third kappa shape index (κ3) is 5.41. The van der Waals surface area contributed by atoms with Crippen molar-refractivity contribution in [2.24, 2.45) is 4.99 Å². The van der Waals surface area contributed by atoms with Gasteiger partial charge >= 0.3 is 0 Å². The quantitative estimate of drug-likeness (QED) is 0.449. The van der Waals surface area contributed by atoms with Crippen molar-refractivity contribution in [2.45, 2.75) is 31.7 Å². The van der Waals surface area contributed by atoms with Crippen molar-refractivity contribution in [2.75, 3.05) is 45.9 Å². The SMILES string of the molecule is CCNC(=NCCCN1CCOCC1)NC1CC1c1ccccc1F. The molecule has 25 heavy (non-hydrogen) atoms. The largest absolute Gasteiger partial charge is 0.379 e. The van der Waals surface area contributed by atoms with Crippen LogP contribution < -0.4 is 10.6 Å². The molecule has 2 fully saturated rings. The molecule has 5 nitrogen and oxygen atoms in total. The third-order valence-electron chi connectivity index (χ3n) is 4.77. The van der Waals surface area contributed by atoms with E-state index in [-0.39, 0.29) is 17.8 Å². The molecule has 1 saturated heterocycles. The molecule has 0 amide bonds. The van der Waals surface area contributed by atoms with Crippen molar-refractivity contribution in [3.63, 3.8) is 0 Å². The number of guanidine groups is 1. The lowest BCUT2D eigenvalue weighted by Crippen LogP contribution is -2.39. The molecular weight excluding hydrogens is 319 g/mol.